The van der Waals surface area contributed by atoms with Gasteiger partial charge in [-0.3, -0.25) is 15.1 Å². The van der Waals surface area contributed by atoms with E-state index < -0.39 is 0 Å². The SMILES string of the molecule is COc1ccccc1-c1cnccc1C(=O)Nc1nnc(NCc2ccc(Cl)cc2)s1. The summed E-state index contributed by atoms with van der Waals surface area (Å²) in [6.07, 6.45) is 3.22. The van der Waals surface area contributed by atoms with Crippen LogP contribution in [0.1, 0.15) is 15.9 Å². The number of halogens is 1. The second-order valence-electron chi connectivity index (χ2n) is 6.47. The van der Waals surface area contributed by atoms with Crippen LogP contribution in [0.2, 0.25) is 5.02 Å². The van der Waals surface area contributed by atoms with Crippen LogP contribution in [0.5, 0.6) is 5.75 Å². The van der Waals surface area contributed by atoms with Crippen LogP contribution in [0.15, 0.2) is 67.0 Å². The Morgan fingerprint density at radius 1 is 1.03 bits per heavy atom. The standard InChI is InChI=1S/C22H18ClN5O2S/c1-30-19-5-3-2-4-16(19)18-13-24-11-10-17(18)20(29)26-22-28-27-21(31-22)25-12-14-6-8-15(23)9-7-14/h2-11,13H,12H2,1H3,(H,25,27)(H,26,28,29). The maximum absolute atomic E-state index is 13.0. The fraction of sp³-hybridized carbons (Fsp3) is 0.0909. The van der Waals surface area contributed by atoms with Crippen LogP contribution in [-0.2, 0) is 6.54 Å². The summed E-state index contributed by atoms with van der Waals surface area (Å²) in [6, 6.07) is 16.7. The van der Waals surface area contributed by atoms with Crippen LogP contribution in [0.25, 0.3) is 11.1 Å². The van der Waals surface area contributed by atoms with E-state index in [1.54, 1.807) is 25.6 Å². The molecule has 2 aromatic carbocycles. The van der Waals surface area contributed by atoms with Crippen molar-refractivity contribution < 1.29 is 9.53 Å². The Kier molecular flexibility index (Phi) is 6.40. The van der Waals surface area contributed by atoms with Gasteiger partial charge in [-0.15, -0.1) is 10.2 Å². The Bertz CT molecular complexity index is 1200. The molecule has 7 nitrogen and oxygen atoms in total. The molecular formula is C22H18ClN5O2S. The van der Waals surface area contributed by atoms with Crippen molar-refractivity contribution in [2.75, 3.05) is 17.7 Å². The summed E-state index contributed by atoms with van der Waals surface area (Å²) >= 11 is 7.16. The van der Waals surface area contributed by atoms with Crippen molar-refractivity contribution in [1.82, 2.24) is 15.2 Å². The molecule has 0 aliphatic rings. The summed E-state index contributed by atoms with van der Waals surface area (Å²) in [5, 5.41) is 15.8. The minimum absolute atomic E-state index is 0.302. The Hall–Kier alpha value is -3.49. The number of para-hydroxylation sites is 1. The molecule has 2 aromatic heterocycles. The number of ether oxygens (including phenoxy) is 1. The van der Waals surface area contributed by atoms with Crippen LogP contribution in [0.3, 0.4) is 0 Å². The first-order valence-electron chi connectivity index (χ1n) is 9.34. The molecule has 9 heteroatoms. The Morgan fingerprint density at radius 2 is 1.81 bits per heavy atom. The van der Waals surface area contributed by atoms with Gasteiger partial charge in [0.1, 0.15) is 5.75 Å². The van der Waals surface area contributed by atoms with Crippen molar-refractivity contribution in [2.24, 2.45) is 0 Å². The van der Waals surface area contributed by atoms with Crippen molar-refractivity contribution in [3.05, 3.63) is 83.1 Å². The van der Waals surface area contributed by atoms with E-state index in [-0.39, 0.29) is 5.91 Å². The normalized spacial score (nSPS) is 10.5. The minimum atomic E-state index is -0.302. The lowest BCUT2D eigenvalue weighted by atomic mass is 10.0. The first-order valence-corrected chi connectivity index (χ1v) is 10.5. The fourth-order valence-corrected chi connectivity index (χ4v) is 3.72. The molecular weight excluding hydrogens is 434 g/mol. The van der Waals surface area contributed by atoms with Gasteiger partial charge < -0.3 is 10.1 Å². The molecule has 0 aliphatic heterocycles. The highest BCUT2D eigenvalue weighted by atomic mass is 35.5. The Balaban J connectivity index is 1.48. The molecule has 4 rings (SSSR count). The summed E-state index contributed by atoms with van der Waals surface area (Å²) in [4.78, 5) is 17.1. The van der Waals surface area contributed by atoms with Gasteiger partial charge in [-0.05, 0) is 29.8 Å². The van der Waals surface area contributed by atoms with Gasteiger partial charge in [-0.25, -0.2) is 0 Å². The molecule has 0 radical (unpaired) electrons. The largest absolute Gasteiger partial charge is 0.496 e. The quantitative estimate of drug-likeness (QED) is 0.405. The number of benzene rings is 2. The van der Waals surface area contributed by atoms with Crippen LogP contribution in [-0.4, -0.2) is 28.2 Å². The molecule has 2 heterocycles. The highest BCUT2D eigenvalue weighted by Crippen LogP contribution is 2.32. The number of amides is 1. The molecule has 1 amide bonds. The van der Waals surface area contributed by atoms with Gasteiger partial charge in [-0.1, -0.05) is 53.3 Å². The van der Waals surface area contributed by atoms with Gasteiger partial charge in [0.25, 0.3) is 5.91 Å². The number of methoxy groups -OCH3 is 1. The number of carbonyl (C=O) groups excluding carboxylic acids is 1. The first kappa shape index (κ1) is 20.8. The number of nitrogens with zero attached hydrogens (tertiary/aromatic N) is 3. The fourth-order valence-electron chi connectivity index (χ4n) is 2.96. The third-order valence-corrected chi connectivity index (χ3v) is 5.51. The third-order valence-electron chi connectivity index (χ3n) is 4.47. The number of aromatic nitrogens is 3. The number of rotatable bonds is 7. The lowest BCUT2D eigenvalue weighted by molar-refractivity contribution is 0.102. The Morgan fingerprint density at radius 3 is 2.61 bits per heavy atom. The predicted molar refractivity (Wildman–Crippen MR) is 123 cm³/mol. The van der Waals surface area contributed by atoms with Crippen molar-refractivity contribution in [1.29, 1.82) is 0 Å². The zero-order valence-electron chi connectivity index (χ0n) is 16.5. The van der Waals surface area contributed by atoms with E-state index >= 15 is 0 Å². The number of nitrogens with one attached hydrogen (secondary N) is 2. The van der Waals surface area contributed by atoms with Crippen molar-refractivity contribution in [3.63, 3.8) is 0 Å². The van der Waals surface area contributed by atoms with E-state index in [2.05, 4.69) is 25.8 Å². The topological polar surface area (TPSA) is 89.0 Å². The zero-order chi connectivity index (χ0) is 21.6. The first-order chi connectivity index (χ1) is 15.1. The summed E-state index contributed by atoms with van der Waals surface area (Å²) in [5.41, 5.74) is 2.97. The maximum atomic E-state index is 13.0. The zero-order valence-corrected chi connectivity index (χ0v) is 18.1. The smallest absolute Gasteiger partial charge is 0.258 e. The van der Waals surface area contributed by atoms with Crippen LogP contribution in [0, 0.1) is 0 Å². The van der Waals surface area contributed by atoms with Crippen LogP contribution in [0.4, 0.5) is 10.3 Å². The lowest BCUT2D eigenvalue weighted by Crippen LogP contribution is -2.13. The Labute approximate surface area is 188 Å². The van der Waals surface area contributed by atoms with E-state index in [1.807, 2.05) is 48.5 Å². The maximum Gasteiger partial charge on any atom is 0.258 e. The average Bonchev–Trinajstić information content (AvgIpc) is 3.26. The van der Waals surface area contributed by atoms with Gasteiger partial charge in [0.05, 0.1) is 12.7 Å². The van der Waals surface area contributed by atoms with Gasteiger partial charge in [-0.2, -0.15) is 0 Å². The average molecular weight is 452 g/mol. The van der Waals surface area contributed by atoms with E-state index in [9.17, 15) is 4.79 Å². The highest BCUT2D eigenvalue weighted by Gasteiger charge is 2.17. The molecule has 0 bridgehead atoms. The van der Waals surface area contributed by atoms with Crippen LogP contribution < -0.4 is 15.4 Å². The van der Waals surface area contributed by atoms with Crippen molar-refractivity contribution in [3.8, 4) is 16.9 Å². The van der Waals surface area contributed by atoms with Gasteiger partial charge in [0.15, 0.2) is 0 Å². The van der Waals surface area contributed by atoms with Crippen LogP contribution >= 0.6 is 22.9 Å². The van der Waals surface area contributed by atoms with Crippen molar-refractivity contribution in [2.45, 2.75) is 6.54 Å². The van der Waals surface area contributed by atoms with Gasteiger partial charge >= 0.3 is 0 Å². The molecule has 2 N–H and O–H groups in total. The molecule has 0 unspecified atom stereocenters. The second-order valence-corrected chi connectivity index (χ2v) is 7.88. The third kappa shape index (κ3) is 4.99. The molecule has 4 aromatic rings. The molecule has 0 saturated carbocycles. The van der Waals surface area contributed by atoms with E-state index in [1.165, 1.54) is 11.3 Å². The molecule has 0 spiro atoms. The van der Waals surface area contributed by atoms with E-state index in [0.29, 0.717) is 38.7 Å². The monoisotopic (exact) mass is 451 g/mol. The summed E-state index contributed by atoms with van der Waals surface area (Å²) in [5.74, 6) is 0.359. The predicted octanol–water partition coefficient (Wildman–Crippen LogP) is 5.13. The van der Waals surface area contributed by atoms with E-state index in [0.717, 1.165) is 11.1 Å². The van der Waals surface area contributed by atoms with Crippen molar-refractivity contribution >= 4 is 39.1 Å². The summed E-state index contributed by atoms with van der Waals surface area (Å²) in [6.45, 7) is 0.571. The lowest BCUT2D eigenvalue weighted by Gasteiger charge is -2.11. The summed E-state index contributed by atoms with van der Waals surface area (Å²) < 4.78 is 5.43. The number of carbonyl (C=O) groups is 1. The number of anilines is 2. The highest BCUT2D eigenvalue weighted by molar-refractivity contribution is 7.19. The summed E-state index contributed by atoms with van der Waals surface area (Å²) in [7, 11) is 1.59. The molecule has 31 heavy (non-hydrogen) atoms. The molecule has 0 fully saturated rings. The second kappa shape index (κ2) is 9.55. The molecule has 0 saturated heterocycles. The number of hydrogen-bond acceptors (Lipinski definition) is 7. The number of pyridine rings is 1. The molecule has 0 aliphatic carbocycles. The van der Waals surface area contributed by atoms with Gasteiger partial charge in [0, 0.05) is 35.1 Å². The van der Waals surface area contributed by atoms with Gasteiger partial charge in [0.2, 0.25) is 10.3 Å². The minimum Gasteiger partial charge on any atom is -0.496 e. The number of hydrogen-bond donors (Lipinski definition) is 2. The molecule has 156 valence electrons. The molecule has 0 atom stereocenters. The van der Waals surface area contributed by atoms with E-state index in [4.69, 9.17) is 16.3 Å².